The first-order valence-corrected chi connectivity index (χ1v) is 10.5. The molecule has 154 valence electrons. The number of aromatic nitrogens is 1. The summed E-state index contributed by atoms with van der Waals surface area (Å²) in [6, 6.07) is 24.6. The molecule has 4 nitrogen and oxygen atoms in total. The Morgan fingerprint density at radius 2 is 1.57 bits per heavy atom. The van der Waals surface area contributed by atoms with Crippen LogP contribution in [0.5, 0.6) is 0 Å². The van der Waals surface area contributed by atoms with Crippen molar-refractivity contribution < 1.29 is 4.74 Å². The van der Waals surface area contributed by atoms with Gasteiger partial charge >= 0.3 is 0 Å². The van der Waals surface area contributed by atoms with E-state index in [9.17, 15) is 0 Å². The molecule has 0 N–H and O–H groups in total. The highest BCUT2D eigenvalue weighted by molar-refractivity contribution is 6.13. The molecule has 1 saturated heterocycles. The highest BCUT2D eigenvalue weighted by Crippen LogP contribution is 2.27. The minimum Gasteiger partial charge on any atom is -0.371 e. The first-order chi connectivity index (χ1) is 14.5. The van der Waals surface area contributed by atoms with E-state index in [-0.39, 0.29) is 11.6 Å². The normalized spacial score (nSPS) is 17.5. The van der Waals surface area contributed by atoms with E-state index in [1.807, 2.05) is 48.7 Å². The summed E-state index contributed by atoms with van der Waals surface area (Å²) in [5.74, 6) is 0.699. The summed E-state index contributed by atoms with van der Waals surface area (Å²) >= 11 is 0. The molecule has 4 rings (SSSR count). The molecule has 0 bridgehead atoms. The third-order valence-corrected chi connectivity index (χ3v) is 5.48. The van der Waals surface area contributed by atoms with Gasteiger partial charge in [0.1, 0.15) is 0 Å². The lowest BCUT2D eigenvalue weighted by molar-refractivity contribution is -0.0597. The molecular weight excluding hydrogens is 370 g/mol. The molecule has 4 heteroatoms. The summed E-state index contributed by atoms with van der Waals surface area (Å²) in [5, 5.41) is 0. The summed E-state index contributed by atoms with van der Waals surface area (Å²) in [5.41, 5.74) is 4.31. The van der Waals surface area contributed by atoms with Crippen molar-refractivity contribution in [2.45, 2.75) is 32.4 Å². The number of aliphatic imine (C=N–C) groups is 1. The zero-order valence-corrected chi connectivity index (χ0v) is 18.0. The van der Waals surface area contributed by atoms with Crippen LogP contribution in [0.15, 0.2) is 84.0 Å². The van der Waals surface area contributed by atoms with Gasteiger partial charge in [-0.15, -0.1) is 0 Å². The van der Waals surface area contributed by atoms with E-state index < -0.39 is 0 Å². The van der Waals surface area contributed by atoms with Crippen molar-refractivity contribution in [3.8, 4) is 0 Å². The lowest BCUT2D eigenvalue weighted by Gasteiger charge is -2.41. The second kappa shape index (κ2) is 8.90. The van der Waals surface area contributed by atoms with Gasteiger partial charge < -0.3 is 4.74 Å². The van der Waals surface area contributed by atoms with Crippen molar-refractivity contribution in [1.29, 1.82) is 0 Å². The summed E-state index contributed by atoms with van der Waals surface area (Å²) in [7, 11) is 0. The van der Waals surface area contributed by atoms with Crippen molar-refractivity contribution in [2.75, 3.05) is 19.7 Å². The fourth-order valence-electron chi connectivity index (χ4n) is 3.72. The largest absolute Gasteiger partial charge is 0.371 e. The molecule has 1 unspecified atom stereocenters. The van der Waals surface area contributed by atoms with Gasteiger partial charge in [0.15, 0.2) is 5.82 Å². The van der Waals surface area contributed by atoms with Crippen LogP contribution in [-0.2, 0) is 4.74 Å². The number of morpholine rings is 1. The fraction of sp³-hybridized carbons (Fsp3) is 0.308. The summed E-state index contributed by atoms with van der Waals surface area (Å²) in [6.45, 7) is 9.34. The van der Waals surface area contributed by atoms with E-state index >= 15 is 0 Å². The van der Waals surface area contributed by atoms with Crippen LogP contribution in [0.2, 0.25) is 0 Å². The maximum Gasteiger partial charge on any atom is 0.152 e. The topological polar surface area (TPSA) is 37.7 Å². The Morgan fingerprint density at radius 3 is 2.10 bits per heavy atom. The Hall–Kier alpha value is -2.82. The van der Waals surface area contributed by atoms with E-state index in [1.54, 1.807) is 0 Å². The van der Waals surface area contributed by atoms with Gasteiger partial charge in [0.2, 0.25) is 0 Å². The molecule has 0 radical (unpaired) electrons. The number of hydrogen-bond donors (Lipinski definition) is 0. The molecule has 1 atom stereocenters. The van der Waals surface area contributed by atoms with Crippen LogP contribution in [-0.4, -0.2) is 40.8 Å². The zero-order chi connectivity index (χ0) is 21.0. The molecule has 2 aromatic carbocycles. The van der Waals surface area contributed by atoms with E-state index in [1.165, 1.54) is 0 Å². The Labute approximate surface area is 179 Å². The lowest BCUT2D eigenvalue weighted by Crippen LogP contribution is -2.48. The Bertz CT molecular complexity index is 935. The smallest absolute Gasteiger partial charge is 0.152 e. The Balaban J connectivity index is 1.60. The van der Waals surface area contributed by atoms with Gasteiger partial charge in [-0.05, 0) is 26.8 Å². The summed E-state index contributed by atoms with van der Waals surface area (Å²) in [6.07, 6.45) is 1.95. The molecular formula is C26H29N3O. The quantitative estimate of drug-likeness (QED) is 0.550. The maximum atomic E-state index is 6.03. The van der Waals surface area contributed by atoms with Crippen LogP contribution >= 0.6 is 0 Å². The van der Waals surface area contributed by atoms with Crippen LogP contribution < -0.4 is 0 Å². The molecule has 1 aromatic heterocycles. The maximum absolute atomic E-state index is 6.03. The van der Waals surface area contributed by atoms with Crippen molar-refractivity contribution in [3.05, 3.63) is 95.7 Å². The van der Waals surface area contributed by atoms with Crippen molar-refractivity contribution in [3.63, 3.8) is 0 Å². The number of rotatable bonds is 4. The molecule has 0 saturated carbocycles. The molecule has 0 amide bonds. The van der Waals surface area contributed by atoms with Gasteiger partial charge in [-0.25, -0.2) is 9.98 Å². The van der Waals surface area contributed by atoms with Crippen molar-refractivity contribution in [1.82, 2.24) is 9.88 Å². The highest BCUT2D eigenvalue weighted by atomic mass is 16.5. The monoisotopic (exact) mass is 399 g/mol. The molecule has 0 spiro atoms. The van der Waals surface area contributed by atoms with Gasteiger partial charge in [-0.1, -0.05) is 66.7 Å². The van der Waals surface area contributed by atoms with Gasteiger partial charge in [-0.3, -0.25) is 4.90 Å². The fourth-order valence-corrected chi connectivity index (χ4v) is 3.72. The third kappa shape index (κ3) is 4.84. The average molecular weight is 400 g/mol. The van der Waals surface area contributed by atoms with Crippen LogP contribution in [0.25, 0.3) is 0 Å². The van der Waals surface area contributed by atoms with Crippen LogP contribution in [0.1, 0.15) is 43.6 Å². The predicted molar refractivity (Wildman–Crippen MR) is 122 cm³/mol. The first kappa shape index (κ1) is 20.5. The minimum atomic E-state index is 0.0474. The van der Waals surface area contributed by atoms with Crippen LogP contribution in [0, 0.1) is 0 Å². The highest BCUT2D eigenvalue weighted by Gasteiger charge is 2.29. The zero-order valence-electron chi connectivity index (χ0n) is 18.0. The van der Waals surface area contributed by atoms with Crippen molar-refractivity contribution in [2.24, 2.45) is 4.99 Å². The Kier molecular flexibility index (Phi) is 6.07. The van der Waals surface area contributed by atoms with Gasteiger partial charge in [-0.2, -0.15) is 0 Å². The minimum absolute atomic E-state index is 0.0474. The molecule has 1 fully saturated rings. The van der Waals surface area contributed by atoms with Gasteiger partial charge in [0, 0.05) is 41.5 Å². The van der Waals surface area contributed by atoms with E-state index in [0.29, 0.717) is 5.82 Å². The number of pyridine rings is 1. The van der Waals surface area contributed by atoms with Gasteiger partial charge in [0.05, 0.1) is 18.4 Å². The predicted octanol–water partition coefficient (Wildman–Crippen LogP) is 5.42. The molecule has 1 aliphatic rings. The molecule has 30 heavy (non-hydrogen) atoms. The van der Waals surface area contributed by atoms with Gasteiger partial charge in [0.25, 0.3) is 0 Å². The molecule has 1 aliphatic heterocycles. The first-order valence-electron chi connectivity index (χ1n) is 10.5. The number of ether oxygens (including phenoxy) is 1. The SMILES string of the molecule is CC(C)(C)N1CCOC(c2ccc(N=C(c3ccccc3)c3ccccc3)nc2)C1. The summed E-state index contributed by atoms with van der Waals surface area (Å²) in [4.78, 5) is 12.0. The number of hydrogen-bond acceptors (Lipinski definition) is 4. The van der Waals surface area contributed by atoms with Crippen LogP contribution in [0.4, 0.5) is 5.82 Å². The van der Waals surface area contributed by atoms with E-state index in [4.69, 9.17) is 9.73 Å². The second-order valence-electron chi connectivity index (χ2n) is 8.62. The number of nitrogens with zero attached hydrogens (tertiary/aromatic N) is 3. The molecule has 0 aliphatic carbocycles. The second-order valence-corrected chi connectivity index (χ2v) is 8.62. The Morgan fingerprint density at radius 1 is 0.933 bits per heavy atom. The van der Waals surface area contributed by atoms with E-state index in [0.717, 1.165) is 42.1 Å². The van der Waals surface area contributed by atoms with Crippen molar-refractivity contribution >= 4 is 11.5 Å². The van der Waals surface area contributed by atoms with Crippen LogP contribution in [0.3, 0.4) is 0 Å². The lowest BCUT2D eigenvalue weighted by atomic mass is 10.0. The molecule has 2 heterocycles. The molecule has 3 aromatic rings. The average Bonchev–Trinajstić information content (AvgIpc) is 2.78. The third-order valence-electron chi connectivity index (χ3n) is 5.48. The van der Waals surface area contributed by atoms with E-state index in [2.05, 4.69) is 61.0 Å². The summed E-state index contributed by atoms with van der Waals surface area (Å²) < 4.78 is 6.03. The number of benzene rings is 2. The standard InChI is InChI=1S/C26H29N3O/c1-26(2,3)29-16-17-30-23(19-29)22-14-15-24(27-18-22)28-25(20-10-6-4-7-11-20)21-12-8-5-9-13-21/h4-15,18,23H,16-17,19H2,1-3H3.